The zero-order valence-electron chi connectivity index (χ0n) is 12.7. The summed E-state index contributed by atoms with van der Waals surface area (Å²) >= 11 is 0. The molecule has 0 aromatic carbocycles. The lowest BCUT2D eigenvalue weighted by molar-refractivity contribution is 0.304. The van der Waals surface area contributed by atoms with Gasteiger partial charge in [-0.05, 0) is 14.0 Å². The number of hydrogen-bond acceptors (Lipinski definition) is 4. The SMILES string of the molecule is CCn1ccnc1CN(C)Cc1cnc(C(C)C)nc1. The third-order valence-corrected chi connectivity index (χ3v) is 3.25. The van der Waals surface area contributed by atoms with Crippen LogP contribution in [0.1, 0.15) is 43.9 Å². The highest BCUT2D eigenvalue weighted by molar-refractivity contribution is 5.07. The number of nitrogens with zero attached hydrogens (tertiary/aromatic N) is 5. The van der Waals surface area contributed by atoms with E-state index in [1.54, 1.807) is 0 Å². The first-order valence-electron chi connectivity index (χ1n) is 7.09. The highest BCUT2D eigenvalue weighted by Gasteiger charge is 2.08. The maximum atomic E-state index is 4.40. The Morgan fingerprint density at radius 3 is 2.45 bits per heavy atom. The fourth-order valence-electron chi connectivity index (χ4n) is 2.13. The monoisotopic (exact) mass is 273 g/mol. The zero-order chi connectivity index (χ0) is 14.5. The van der Waals surface area contributed by atoms with Crippen molar-refractivity contribution in [1.82, 2.24) is 24.4 Å². The zero-order valence-corrected chi connectivity index (χ0v) is 12.7. The minimum absolute atomic E-state index is 0.374. The number of aromatic nitrogens is 4. The lowest BCUT2D eigenvalue weighted by Gasteiger charge is -2.17. The van der Waals surface area contributed by atoms with Crippen LogP contribution in [-0.2, 0) is 19.6 Å². The van der Waals surface area contributed by atoms with E-state index in [4.69, 9.17) is 0 Å². The van der Waals surface area contributed by atoms with Gasteiger partial charge < -0.3 is 4.57 Å². The Balaban J connectivity index is 1.95. The van der Waals surface area contributed by atoms with Gasteiger partial charge in [0.05, 0.1) is 6.54 Å². The Morgan fingerprint density at radius 1 is 1.15 bits per heavy atom. The first kappa shape index (κ1) is 14.7. The van der Waals surface area contributed by atoms with E-state index in [0.29, 0.717) is 5.92 Å². The van der Waals surface area contributed by atoms with Gasteiger partial charge in [0, 0.05) is 49.4 Å². The van der Waals surface area contributed by atoms with Crippen LogP contribution in [0.4, 0.5) is 0 Å². The van der Waals surface area contributed by atoms with Crippen molar-refractivity contribution in [2.24, 2.45) is 0 Å². The second-order valence-corrected chi connectivity index (χ2v) is 5.41. The van der Waals surface area contributed by atoms with Crippen LogP contribution in [0.5, 0.6) is 0 Å². The van der Waals surface area contributed by atoms with Crippen molar-refractivity contribution in [2.75, 3.05) is 7.05 Å². The molecule has 0 aliphatic carbocycles. The molecule has 0 unspecified atom stereocenters. The van der Waals surface area contributed by atoms with Crippen LogP contribution in [0.3, 0.4) is 0 Å². The molecule has 0 atom stereocenters. The summed E-state index contributed by atoms with van der Waals surface area (Å²) in [6, 6.07) is 0. The Bertz CT molecular complexity index is 529. The van der Waals surface area contributed by atoms with E-state index >= 15 is 0 Å². The van der Waals surface area contributed by atoms with Gasteiger partial charge in [-0.1, -0.05) is 13.8 Å². The molecule has 20 heavy (non-hydrogen) atoms. The molecule has 0 fully saturated rings. The molecule has 2 aromatic heterocycles. The first-order chi connectivity index (χ1) is 9.60. The molecule has 108 valence electrons. The standard InChI is InChI=1S/C15H23N5/c1-5-20-7-6-16-14(20)11-19(4)10-13-8-17-15(12(2)3)18-9-13/h6-9,12H,5,10-11H2,1-4H3. The molecule has 2 rings (SSSR count). The van der Waals surface area contributed by atoms with Crippen LogP contribution in [0.25, 0.3) is 0 Å². The van der Waals surface area contributed by atoms with Crippen molar-refractivity contribution in [3.8, 4) is 0 Å². The number of imidazole rings is 1. The summed E-state index contributed by atoms with van der Waals surface area (Å²) in [4.78, 5) is 15.4. The Hall–Kier alpha value is -1.75. The maximum Gasteiger partial charge on any atom is 0.130 e. The van der Waals surface area contributed by atoms with Crippen molar-refractivity contribution in [3.63, 3.8) is 0 Å². The Morgan fingerprint density at radius 2 is 1.85 bits per heavy atom. The van der Waals surface area contributed by atoms with Gasteiger partial charge in [-0.15, -0.1) is 0 Å². The lowest BCUT2D eigenvalue weighted by atomic mass is 10.2. The largest absolute Gasteiger partial charge is 0.334 e. The highest BCUT2D eigenvalue weighted by atomic mass is 15.2. The van der Waals surface area contributed by atoms with E-state index in [2.05, 4.69) is 52.2 Å². The Labute approximate surface area is 120 Å². The molecule has 0 aliphatic rings. The number of aryl methyl sites for hydroxylation is 1. The summed E-state index contributed by atoms with van der Waals surface area (Å²) < 4.78 is 2.16. The van der Waals surface area contributed by atoms with Crippen LogP contribution in [0.2, 0.25) is 0 Å². The quantitative estimate of drug-likeness (QED) is 0.811. The van der Waals surface area contributed by atoms with Crippen molar-refractivity contribution < 1.29 is 0 Å². The second kappa shape index (κ2) is 6.61. The molecule has 2 aromatic rings. The van der Waals surface area contributed by atoms with Gasteiger partial charge in [-0.2, -0.15) is 0 Å². The molecule has 0 amide bonds. The number of rotatable bonds is 6. The molecular formula is C15H23N5. The normalized spacial score (nSPS) is 11.5. The molecule has 0 spiro atoms. The van der Waals surface area contributed by atoms with E-state index in [-0.39, 0.29) is 0 Å². The number of hydrogen-bond donors (Lipinski definition) is 0. The van der Waals surface area contributed by atoms with E-state index < -0.39 is 0 Å². The molecule has 0 saturated carbocycles. The van der Waals surface area contributed by atoms with Crippen molar-refractivity contribution >= 4 is 0 Å². The smallest absolute Gasteiger partial charge is 0.130 e. The fraction of sp³-hybridized carbons (Fsp3) is 0.533. The summed E-state index contributed by atoms with van der Waals surface area (Å²) in [7, 11) is 2.09. The van der Waals surface area contributed by atoms with E-state index in [1.165, 1.54) is 0 Å². The van der Waals surface area contributed by atoms with E-state index in [1.807, 2.05) is 24.8 Å². The summed E-state index contributed by atoms with van der Waals surface area (Å²) in [5.74, 6) is 2.37. The third-order valence-electron chi connectivity index (χ3n) is 3.25. The van der Waals surface area contributed by atoms with Crippen molar-refractivity contribution in [3.05, 3.63) is 42.0 Å². The molecule has 0 saturated heterocycles. The minimum atomic E-state index is 0.374. The lowest BCUT2D eigenvalue weighted by Crippen LogP contribution is -2.20. The molecule has 0 N–H and O–H groups in total. The van der Waals surface area contributed by atoms with Gasteiger partial charge in [0.15, 0.2) is 0 Å². The van der Waals surface area contributed by atoms with Crippen LogP contribution in [0.15, 0.2) is 24.8 Å². The summed E-state index contributed by atoms with van der Waals surface area (Å²) in [6.45, 7) is 8.94. The second-order valence-electron chi connectivity index (χ2n) is 5.41. The van der Waals surface area contributed by atoms with E-state index in [0.717, 1.165) is 36.8 Å². The molecular weight excluding hydrogens is 250 g/mol. The predicted octanol–water partition coefficient (Wildman–Crippen LogP) is 2.45. The van der Waals surface area contributed by atoms with Crippen LogP contribution < -0.4 is 0 Å². The highest BCUT2D eigenvalue weighted by Crippen LogP contribution is 2.10. The summed E-state index contributed by atoms with van der Waals surface area (Å²) in [5, 5.41) is 0. The fourth-order valence-corrected chi connectivity index (χ4v) is 2.13. The molecule has 5 heteroatoms. The van der Waals surface area contributed by atoms with Crippen LogP contribution in [-0.4, -0.2) is 31.5 Å². The molecule has 0 bridgehead atoms. The topological polar surface area (TPSA) is 46.8 Å². The van der Waals surface area contributed by atoms with Gasteiger partial charge in [-0.25, -0.2) is 15.0 Å². The molecule has 5 nitrogen and oxygen atoms in total. The maximum absolute atomic E-state index is 4.40. The van der Waals surface area contributed by atoms with Gasteiger partial charge in [0.2, 0.25) is 0 Å². The Kier molecular flexibility index (Phi) is 4.84. The summed E-state index contributed by atoms with van der Waals surface area (Å²) in [6.07, 6.45) is 7.72. The average molecular weight is 273 g/mol. The van der Waals surface area contributed by atoms with Gasteiger partial charge in [-0.3, -0.25) is 4.90 Å². The summed E-state index contributed by atoms with van der Waals surface area (Å²) in [5.41, 5.74) is 1.13. The predicted molar refractivity (Wildman–Crippen MR) is 79.2 cm³/mol. The third kappa shape index (κ3) is 3.63. The van der Waals surface area contributed by atoms with Gasteiger partial charge in [0.25, 0.3) is 0 Å². The molecule has 0 aliphatic heterocycles. The van der Waals surface area contributed by atoms with Gasteiger partial charge >= 0.3 is 0 Å². The average Bonchev–Trinajstić information content (AvgIpc) is 2.86. The minimum Gasteiger partial charge on any atom is -0.334 e. The van der Waals surface area contributed by atoms with Gasteiger partial charge in [0.1, 0.15) is 11.6 Å². The molecule has 2 heterocycles. The van der Waals surface area contributed by atoms with Crippen LogP contribution >= 0.6 is 0 Å². The van der Waals surface area contributed by atoms with E-state index in [9.17, 15) is 0 Å². The first-order valence-corrected chi connectivity index (χ1v) is 7.09. The van der Waals surface area contributed by atoms with Crippen molar-refractivity contribution in [2.45, 2.75) is 46.3 Å². The van der Waals surface area contributed by atoms with Crippen LogP contribution in [0, 0.1) is 0 Å². The molecule has 0 radical (unpaired) electrons. The van der Waals surface area contributed by atoms with Crippen molar-refractivity contribution in [1.29, 1.82) is 0 Å².